The predicted octanol–water partition coefficient (Wildman–Crippen LogP) is 5.00. The first-order valence-corrected chi connectivity index (χ1v) is 11.2. The van der Waals surface area contributed by atoms with Gasteiger partial charge in [0.2, 0.25) is 5.78 Å². The molecular formula is C25H20N2O6S. The number of anilines is 1. The normalized spacial score (nSPS) is 15.9. The van der Waals surface area contributed by atoms with Crippen molar-refractivity contribution in [3.8, 4) is 11.5 Å². The molecule has 34 heavy (non-hydrogen) atoms. The second-order valence-electron chi connectivity index (χ2n) is 7.70. The van der Waals surface area contributed by atoms with Crippen LogP contribution in [0.5, 0.6) is 11.5 Å². The Hall–Kier alpha value is -4.11. The number of rotatable bonds is 6. The van der Waals surface area contributed by atoms with E-state index in [1.165, 1.54) is 30.5 Å². The molecule has 3 heterocycles. The number of carbonyl (C=O) groups is 2. The van der Waals surface area contributed by atoms with Crippen LogP contribution in [0.15, 0.2) is 69.7 Å². The van der Waals surface area contributed by atoms with Crippen LogP contribution in [-0.4, -0.2) is 36.0 Å². The zero-order chi connectivity index (χ0) is 24.0. The van der Waals surface area contributed by atoms with Crippen molar-refractivity contribution < 1.29 is 28.6 Å². The number of furan rings is 1. The maximum Gasteiger partial charge on any atom is 0.296 e. The van der Waals surface area contributed by atoms with Crippen molar-refractivity contribution in [2.75, 3.05) is 19.1 Å². The molecule has 1 aliphatic heterocycles. The van der Waals surface area contributed by atoms with Crippen molar-refractivity contribution >= 4 is 39.1 Å². The van der Waals surface area contributed by atoms with E-state index in [0.29, 0.717) is 33.5 Å². The fraction of sp³-hybridized carbons (Fsp3) is 0.160. The maximum absolute atomic E-state index is 13.7. The van der Waals surface area contributed by atoms with Gasteiger partial charge in [-0.15, -0.1) is 11.3 Å². The number of amides is 1. The lowest BCUT2D eigenvalue weighted by Crippen LogP contribution is -2.31. The van der Waals surface area contributed by atoms with E-state index in [9.17, 15) is 14.7 Å². The van der Waals surface area contributed by atoms with Crippen LogP contribution >= 0.6 is 11.3 Å². The number of benzene rings is 2. The molecule has 1 aliphatic rings. The molecule has 0 radical (unpaired) electrons. The van der Waals surface area contributed by atoms with Crippen LogP contribution in [0.25, 0.3) is 11.0 Å². The van der Waals surface area contributed by atoms with Gasteiger partial charge < -0.3 is 19.0 Å². The quantitative estimate of drug-likeness (QED) is 0.391. The van der Waals surface area contributed by atoms with Crippen LogP contribution in [0.4, 0.5) is 5.13 Å². The minimum atomic E-state index is -1.01. The summed E-state index contributed by atoms with van der Waals surface area (Å²) in [7, 11) is 3.01. The fourth-order valence-electron chi connectivity index (χ4n) is 4.06. The number of Topliss-reactive ketones (excluding diaryl/α,β-unsaturated/α-hetero) is 1. The number of carbonyl (C=O) groups excluding carboxylic acids is 2. The van der Waals surface area contributed by atoms with E-state index >= 15 is 0 Å². The Morgan fingerprint density at radius 3 is 2.62 bits per heavy atom. The summed E-state index contributed by atoms with van der Waals surface area (Å²) in [6.45, 7) is 1.80. The molecule has 8 nitrogen and oxygen atoms in total. The number of thiazole rings is 1. The molecule has 0 spiro atoms. The van der Waals surface area contributed by atoms with Crippen molar-refractivity contribution in [1.82, 2.24) is 4.98 Å². The van der Waals surface area contributed by atoms with Crippen molar-refractivity contribution in [2.24, 2.45) is 0 Å². The van der Waals surface area contributed by atoms with E-state index in [1.54, 1.807) is 48.7 Å². The number of para-hydroxylation sites is 1. The Labute approximate surface area is 198 Å². The number of fused-ring (bicyclic) bond motifs is 1. The number of aryl methyl sites for hydroxylation is 1. The van der Waals surface area contributed by atoms with Gasteiger partial charge in [0, 0.05) is 16.3 Å². The molecule has 5 rings (SSSR count). The third-order valence-corrected chi connectivity index (χ3v) is 6.60. The highest BCUT2D eigenvalue weighted by Gasteiger charge is 2.47. The van der Waals surface area contributed by atoms with Gasteiger partial charge in [-0.1, -0.05) is 18.2 Å². The van der Waals surface area contributed by atoms with Crippen molar-refractivity contribution in [3.63, 3.8) is 0 Å². The van der Waals surface area contributed by atoms with E-state index in [-0.39, 0.29) is 11.3 Å². The Kier molecular flexibility index (Phi) is 5.33. The molecule has 0 aliphatic carbocycles. The first-order valence-electron chi connectivity index (χ1n) is 10.4. The topological polar surface area (TPSA) is 102 Å². The molecule has 172 valence electrons. The molecule has 1 unspecified atom stereocenters. The second-order valence-corrected chi connectivity index (χ2v) is 8.53. The second kappa shape index (κ2) is 8.35. The standard InChI is InChI=1S/C25H20N2O6S/c1-13-12-34-25(26-13)27-21(16-11-15(31-2)8-9-18(16)32-3)20(23(29)24(27)30)22(28)19-10-14-6-4-5-7-17(14)33-19/h4-12,21,29H,1-3H3. The fourth-order valence-corrected chi connectivity index (χ4v) is 4.89. The zero-order valence-electron chi connectivity index (χ0n) is 18.6. The average Bonchev–Trinajstić information content (AvgIpc) is 3.54. The summed E-state index contributed by atoms with van der Waals surface area (Å²) in [6.07, 6.45) is 0. The van der Waals surface area contributed by atoms with Crippen LogP contribution in [-0.2, 0) is 4.79 Å². The van der Waals surface area contributed by atoms with Gasteiger partial charge in [0.05, 0.1) is 25.5 Å². The SMILES string of the molecule is COc1ccc(OC)c(C2C(C(=O)c3cc4ccccc4o3)=C(O)C(=O)N2c2nc(C)cs2)c1. The monoisotopic (exact) mass is 476 g/mol. The highest BCUT2D eigenvalue weighted by molar-refractivity contribution is 7.14. The third kappa shape index (κ3) is 3.41. The van der Waals surface area contributed by atoms with Crippen molar-refractivity contribution in [2.45, 2.75) is 13.0 Å². The summed E-state index contributed by atoms with van der Waals surface area (Å²) in [4.78, 5) is 32.8. The molecule has 2 aromatic heterocycles. The number of ketones is 1. The molecule has 0 saturated heterocycles. The molecule has 1 amide bonds. The number of hydrogen-bond acceptors (Lipinski definition) is 8. The van der Waals surface area contributed by atoms with Crippen LogP contribution in [0.3, 0.4) is 0 Å². The van der Waals surface area contributed by atoms with Crippen LogP contribution < -0.4 is 14.4 Å². The Bertz CT molecular complexity index is 1430. The smallest absolute Gasteiger partial charge is 0.296 e. The molecule has 9 heteroatoms. The Morgan fingerprint density at radius 1 is 1.15 bits per heavy atom. The van der Waals surface area contributed by atoms with E-state index in [1.807, 2.05) is 12.1 Å². The predicted molar refractivity (Wildman–Crippen MR) is 127 cm³/mol. The lowest BCUT2D eigenvalue weighted by molar-refractivity contribution is -0.117. The van der Waals surface area contributed by atoms with Crippen LogP contribution in [0, 0.1) is 6.92 Å². The van der Waals surface area contributed by atoms with Crippen LogP contribution in [0.1, 0.15) is 27.9 Å². The Balaban J connectivity index is 1.71. The molecule has 1 N–H and O–H groups in total. The van der Waals surface area contributed by atoms with Crippen molar-refractivity contribution in [1.29, 1.82) is 0 Å². The maximum atomic E-state index is 13.7. The highest BCUT2D eigenvalue weighted by Crippen LogP contribution is 2.46. The third-order valence-electron chi connectivity index (χ3n) is 5.65. The number of nitrogens with zero attached hydrogens (tertiary/aromatic N) is 2. The van der Waals surface area contributed by atoms with Crippen molar-refractivity contribution in [3.05, 3.63) is 82.3 Å². The van der Waals surface area contributed by atoms with Gasteiger partial charge in [-0.3, -0.25) is 14.5 Å². The summed E-state index contributed by atoms with van der Waals surface area (Å²) in [5.41, 5.74) is 1.58. The van der Waals surface area contributed by atoms with Crippen LogP contribution in [0.2, 0.25) is 0 Å². The van der Waals surface area contributed by atoms with Gasteiger partial charge in [0.15, 0.2) is 16.7 Å². The number of ether oxygens (including phenoxy) is 2. The van der Waals surface area contributed by atoms with Gasteiger partial charge in [-0.25, -0.2) is 4.98 Å². The average molecular weight is 477 g/mol. The molecule has 2 aromatic carbocycles. The number of hydrogen-bond donors (Lipinski definition) is 1. The largest absolute Gasteiger partial charge is 0.503 e. The number of aliphatic hydroxyl groups excluding tert-OH is 1. The first-order chi connectivity index (χ1) is 16.4. The molecule has 0 fully saturated rings. The molecule has 4 aromatic rings. The number of methoxy groups -OCH3 is 2. The van der Waals surface area contributed by atoms with E-state index < -0.39 is 23.5 Å². The summed E-state index contributed by atoms with van der Waals surface area (Å²) in [5, 5.41) is 13.8. The summed E-state index contributed by atoms with van der Waals surface area (Å²) < 4.78 is 16.7. The highest BCUT2D eigenvalue weighted by atomic mass is 32.1. The number of aromatic nitrogens is 1. The zero-order valence-corrected chi connectivity index (χ0v) is 19.4. The van der Waals surface area contributed by atoms with E-state index in [2.05, 4.69) is 4.98 Å². The molecular weight excluding hydrogens is 456 g/mol. The van der Waals surface area contributed by atoms with Gasteiger partial charge in [0.1, 0.15) is 23.1 Å². The lowest BCUT2D eigenvalue weighted by atomic mass is 9.94. The number of aliphatic hydroxyl groups is 1. The first kappa shape index (κ1) is 21.7. The van der Waals surface area contributed by atoms with E-state index in [0.717, 1.165) is 5.39 Å². The molecule has 0 saturated carbocycles. The lowest BCUT2D eigenvalue weighted by Gasteiger charge is -2.26. The van der Waals surface area contributed by atoms with Gasteiger partial charge in [-0.05, 0) is 37.3 Å². The van der Waals surface area contributed by atoms with E-state index in [4.69, 9.17) is 13.9 Å². The summed E-state index contributed by atoms with van der Waals surface area (Å²) in [6, 6.07) is 12.8. The van der Waals surface area contributed by atoms with Gasteiger partial charge in [0.25, 0.3) is 5.91 Å². The molecule has 1 atom stereocenters. The summed E-state index contributed by atoms with van der Waals surface area (Å²) >= 11 is 1.24. The minimum Gasteiger partial charge on any atom is -0.503 e. The van der Waals surface area contributed by atoms with Gasteiger partial charge >= 0.3 is 0 Å². The van der Waals surface area contributed by atoms with Gasteiger partial charge in [-0.2, -0.15) is 0 Å². The summed E-state index contributed by atoms with van der Waals surface area (Å²) in [5.74, 6) is -1.06. The molecule has 0 bridgehead atoms. The Morgan fingerprint density at radius 2 is 1.94 bits per heavy atom. The minimum absolute atomic E-state index is 0.0135.